The van der Waals surface area contributed by atoms with Crippen LogP contribution in [-0.4, -0.2) is 23.4 Å². The van der Waals surface area contributed by atoms with Crippen LogP contribution in [0.2, 0.25) is 5.02 Å². The average Bonchev–Trinajstić information content (AvgIpc) is 2.93. The maximum absolute atomic E-state index is 13.8. The number of benzene rings is 1. The molecule has 0 N–H and O–H groups in total. The van der Waals surface area contributed by atoms with Crippen molar-refractivity contribution in [3.63, 3.8) is 0 Å². The van der Waals surface area contributed by atoms with E-state index in [1.165, 1.54) is 4.90 Å². The number of nitrogens with zero attached hydrogens (tertiary/aromatic N) is 2. The Hall–Kier alpha value is -1.67. The monoisotopic (exact) mass is 298 g/mol. The highest BCUT2D eigenvalue weighted by Gasteiger charge is 2.29. The van der Waals surface area contributed by atoms with Crippen molar-refractivity contribution < 1.29 is 13.6 Å². The second-order valence-electron chi connectivity index (χ2n) is 4.78. The summed E-state index contributed by atoms with van der Waals surface area (Å²) < 4.78 is 27.2. The number of hydrogen-bond acceptors (Lipinski definition) is 2. The number of nitriles is 1. The minimum absolute atomic E-state index is 0.0831. The van der Waals surface area contributed by atoms with Gasteiger partial charge in [-0.1, -0.05) is 24.4 Å². The van der Waals surface area contributed by atoms with Gasteiger partial charge in [0.1, 0.15) is 18.2 Å². The van der Waals surface area contributed by atoms with Gasteiger partial charge in [0.25, 0.3) is 5.91 Å². The first kappa shape index (κ1) is 14.7. The molecule has 20 heavy (non-hydrogen) atoms. The quantitative estimate of drug-likeness (QED) is 0.633. The standard InChI is InChI=1S/C14H13ClF2N2O/c15-11-8-12(16)10(7-13(11)17)14(20)19(6-5-18)9-3-1-2-4-9/h7-9H,1-4,6H2. The van der Waals surface area contributed by atoms with Crippen molar-refractivity contribution in [2.45, 2.75) is 31.7 Å². The van der Waals surface area contributed by atoms with Gasteiger partial charge in [0, 0.05) is 6.04 Å². The summed E-state index contributed by atoms with van der Waals surface area (Å²) in [5.41, 5.74) is -0.381. The summed E-state index contributed by atoms with van der Waals surface area (Å²) in [5.74, 6) is -2.38. The first-order valence-corrected chi connectivity index (χ1v) is 6.75. The highest BCUT2D eigenvalue weighted by Crippen LogP contribution is 2.26. The lowest BCUT2D eigenvalue weighted by Crippen LogP contribution is -2.39. The van der Waals surface area contributed by atoms with Gasteiger partial charge < -0.3 is 4.90 Å². The summed E-state index contributed by atoms with van der Waals surface area (Å²) in [4.78, 5) is 13.6. The Morgan fingerprint density at radius 3 is 2.60 bits per heavy atom. The Balaban J connectivity index is 2.32. The maximum Gasteiger partial charge on any atom is 0.258 e. The minimum Gasteiger partial charge on any atom is -0.322 e. The van der Waals surface area contributed by atoms with Crippen LogP contribution in [0.3, 0.4) is 0 Å². The van der Waals surface area contributed by atoms with Crippen LogP contribution in [0.15, 0.2) is 12.1 Å². The number of halogens is 3. The van der Waals surface area contributed by atoms with E-state index in [9.17, 15) is 13.6 Å². The Bertz CT molecular complexity index is 565. The summed E-state index contributed by atoms with van der Waals surface area (Å²) in [7, 11) is 0. The predicted octanol–water partition coefficient (Wildman–Crippen LogP) is 3.53. The molecular weight excluding hydrogens is 286 g/mol. The summed E-state index contributed by atoms with van der Waals surface area (Å²) in [6.07, 6.45) is 3.50. The summed E-state index contributed by atoms with van der Waals surface area (Å²) in [5, 5.41) is 8.46. The fraction of sp³-hybridized carbons (Fsp3) is 0.429. The lowest BCUT2D eigenvalue weighted by molar-refractivity contribution is 0.0704. The second-order valence-corrected chi connectivity index (χ2v) is 5.18. The van der Waals surface area contributed by atoms with Crippen molar-refractivity contribution in [3.8, 4) is 6.07 Å². The molecule has 0 atom stereocenters. The van der Waals surface area contributed by atoms with Gasteiger partial charge in [0.05, 0.1) is 16.7 Å². The zero-order chi connectivity index (χ0) is 14.7. The molecule has 1 aromatic rings. The molecule has 0 spiro atoms. The fourth-order valence-electron chi connectivity index (χ4n) is 2.50. The molecule has 0 aliphatic heterocycles. The molecule has 6 heteroatoms. The van der Waals surface area contributed by atoms with E-state index in [0.717, 1.165) is 37.8 Å². The van der Waals surface area contributed by atoms with Gasteiger partial charge in [-0.05, 0) is 25.0 Å². The van der Waals surface area contributed by atoms with Crippen LogP contribution < -0.4 is 0 Å². The molecule has 106 valence electrons. The lowest BCUT2D eigenvalue weighted by atomic mass is 10.1. The number of carbonyl (C=O) groups is 1. The Morgan fingerprint density at radius 2 is 2.00 bits per heavy atom. The van der Waals surface area contributed by atoms with Crippen molar-refractivity contribution in [1.82, 2.24) is 4.90 Å². The highest BCUT2D eigenvalue weighted by molar-refractivity contribution is 6.30. The summed E-state index contributed by atoms with van der Waals surface area (Å²) >= 11 is 5.47. The smallest absolute Gasteiger partial charge is 0.258 e. The molecule has 1 aliphatic carbocycles. The summed E-state index contributed by atoms with van der Waals surface area (Å²) in [6, 6.07) is 3.39. The van der Waals surface area contributed by atoms with Crippen molar-refractivity contribution >= 4 is 17.5 Å². The van der Waals surface area contributed by atoms with E-state index in [2.05, 4.69) is 0 Å². The third kappa shape index (κ3) is 2.91. The molecule has 0 aromatic heterocycles. The Kier molecular flexibility index (Phi) is 4.56. The molecular formula is C14H13ClF2N2O. The molecule has 2 rings (SSSR count). The zero-order valence-corrected chi connectivity index (χ0v) is 11.5. The molecule has 3 nitrogen and oxygen atoms in total. The molecule has 1 aliphatic rings. The van der Waals surface area contributed by atoms with Gasteiger partial charge in [-0.15, -0.1) is 0 Å². The van der Waals surface area contributed by atoms with Crippen molar-refractivity contribution in [3.05, 3.63) is 34.4 Å². The van der Waals surface area contributed by atoms with Gasteiger partial charge in [0.2, 0.25) is 0 Å². The number of hydrogen-bond donors (Lipinski definition) is 0. The maximum atomic E-state index is 13.8. The van der Waals surface area contributed by atoms with E-state index >= 15 is 0 Å². The molecule has 0 heterocycles. The van der Waals surface area contributed by atoms with E-state index in [4.69, 9.17) is 16.9 Å². The summed E-state index contributed by atoms with van der Waals surface area (Å²) in [6.45, 7) is -0.132. The van der Waals surface area contributed by atoms with E-state index in [-0.39, 0.29) is 23.2 Å². The molecule has 0 saturated heterocycles. The largest absolute Gasteiger partial charge is 0.322 e. The normalized spacial score (nSPS) is 15.1. The van der Waals surface area contributed by atoms with Crippen LogP contribution in [-0.2, 0) is 0 Å². The van der Waals surface area contributed by atoms with Crippen LogP contribution in [0.1, 0.15) is 36.0 Å². The average molecular weight is 299 g/mol. The van der Waals surface area contributed by atoms with E-state index in [1.807, 2.05) is 6.07 Å². The Morgan fingerprint density at radius 1 is 1.35 bits per heavy atom. The fourth-order valence-corrected chi connectivity index (χ4v) is 2.65. The van der Waals surface area contributed by atoms with Gasteiger partial charge in [-0.3, -0.25) is 4.79 Å². The van der Waals surface area contributed by atoms with E-state index in [0.29, 0.717) is 0 Å². The van der Waals surface area contributed by atoms with Crippen LogP contribution in [0.5, 0.6) is 0 Å². The van der Waals surface area contributed by atoms with Gasteiger partial charge in [-0.2, -0.15) is 5.26 Å². The first-order chi connectivity index (χ1) is 9.54. The van der Waals surface area contributed by atoms with Crippen LogP contribution in [0.4, 0.5) is 8.78 Å². The SMILES string of the molecule is N#CCN(C(=O)c1cc(F)c(Cl)cc1F)C1CCCC1. The van der Waals surface area contributed by atoms with Gasteiger partial charge in [-0.25, -0.2) is 8.78 Å². The topological polar surface area (TPSA) is 44.1 Å². The zero-order valence-electron chi connectivity index (χ0n) is 10.7. The molecule has 1 fully saturated rings. The lowest BCUT2D eigenvalue weighted by Gasteiger charge is -2.26. The molecule has 1 amide bonds. The molecule has 1 aromatic carbocycles. The van der Waals surface area contributed by atoms with Crippen molar-refractivity contribution in [1.29, 1.82) is 5.26 Å². The molecule has 0 unspecified atom stereocenters. The highest BCUT2D eigenvalue weighted by atomic mass is 35.5. The van der Waals surface area contributed by atoms with Crippen LogP contribution >= 0.6 is 11.6 Å². The minimum atomic E-state index is -0.873. The number of rotatable bonds is 3. The van der Waals surface area contributed by atoms with Crippen molar-refractivity contribution in [2.75, 3.05) is 6.54 Å². The van der Waals surface area contributed by atoms with Crippen LogP contribution in [0.25, 0.3) is 0 Å². The predicted molar refractivity (Wildman–Crippen MR) is 70.3 cm³/mol. The van der Waals surface area contributed by atoms with Crippen molar-refractivity contribution in [2.24, 2.45) is 0 Å². The van der Waals surface area contributed by atoms with E-state index in [1.54, 1.807) is 0 Å². The number of carbonyl (C=O) groups excluding carboxylic acids is 1. The van der Waals surface area contributed by atoms with Gasteiger partial charge >= 0.3 is 0 Å². The third-order valence-electron chi connectivity index (χ3n) is 3.51. The van der Waals surface area contributed by atoms with Gasteiger partial charge in [0.15, 0.2) is 0 Å². The first-order valence-electron chi connectivity index (χ1n) is 6.37. The number of amides is 1. The molecule has 1 saturated carbocycles. The van der Waals surface area contributed by atoms with Crippen LogP contribution in [0, 0.1) is 23.0 Å². The molecule has 0 bridgehead atoms. The molecule has 0 radical (unpaired) electrons. The van der Waals surface area contributed by atoms with E-state index < -0.39 is 17.5 Å². The second kappa shape index (κ2) is 6.19. The Labute approximate surface area is 120 Å². The third-order valence-corrected chi connectivity index (χ3v) is 3.80.